The number of carbonyl (C=O) groups excluding carboxylic acids is 1. The average Bonchev–Trinajstić information content (AvgIpc) is 2.74. The number of aryl methyl sites for hydroxylation is 1. The number of methoxy groups -OCH3 is 1. The molecule has 0 bridgehead atoms. The minimum Gasteiger partial charge on any atom is -0.487 e. The first kappa shape index (κ1) is 24.1. The molecule has 0 aliphatic heterocycles. The van der Waals surface area contributed by atoms with Crippen LogP contribution < -0.4 is 9.47 Å². The Morgan fingerprint density at radius 3 is 2.19 bits per heavy atom. The van der Waals surface area contributed by atoms with Crippen molar-refractivity contribution in [3.8, 4) is 23.6 Å². The minimum absolute atomic E-state index is 0.136. The zero-order valence-electron chi connectivity index (χ0n) is 18.4. The number of rotatable bonds is 9. The maximum Gasteiger partial charge on any atom is 0.305 e. The molecule has 0 spiro atoms. The molecule has 31 heavy (non-hydrogen) atoms. The molecule has 7 heteroatoms. The van der Waals surface area contributed by atoms with Crippen LogP contribution in [-0.4, -0.2) is 25.3 Å². The zero-order chi connectivity index (χ0) is 23.0. The Labute approximate surface area is 187 Å². The van der Waals surface area contributed by atoms with Crippen molar-refractivity contribution >= 4 is 17.7 Å². The number of hydrogen-bond donors (Lipinski definition) is 0. The molecule has 2 aromatic carbocycles. The molecule has 2 rings (SSSR count). The molecule has 0 fully saturated rings. The molecule has 0 aliphatic rings. The predicted molar refractivity (Wildman–Crippen MR) is 118 cm³/mol. The Balaban J connectivity index is 2.42. The second kappa shape index (κ2) is 11.3. The largest absolute Gasteiger partial charge is 0.487 e. The Kier molecular flexibility index (Phi) is 8.78. The molecule has 0 atom stereocenters. The van der Waals surface area contributed by atoms with Crippen molar-refractivity contribution in [2.75, 3.05) is 7.11 Å². The van der Waals surface area contributed by atoms with Crippen LogP contribution in [0.5, 0.6) is 11.5 Å². The molecular weight excluding hydrogens is 412 g/mol. The van der Waals surface area contributed by atoms with E-state index in [0.29, 0.717) is 34.8 Å². The molecule has 162 valence electrons. The Hall–Kier alpha value is -3.16. The number of benzene rings is 2. The van der Waals surface area contributed by atoms with Crippen LogP contribution in [0.25, 0.3) is 0 Å². The number of carbonyl (C=O) groups is 1. The van der Waals surface area contributed by atoms with Crippen LogP contribution >= 0.6 is 11.8 Å². The summed E-state index contributed by atoms with van der Waals surface area (Å²) in [5.41, 5.74) is 1.63. The van der Waals surface area contributed by atoms with E-state index in [1.165, 1.54) is 18.9 Å². The average molecular weight is 439 g/mol. The van der Waals surface area contributed by atoms with Gasteiger partial charge < -0.3 is 14.2 Å². The van der Waals surface area contributed by atoms with E-state index in [1.807, 2.05) is 52.0 Å². The van der Waals surface area contributed by atoms with Gasteiger partial charge in [0.15, 0.2) is 11.5 Å². The van der Waals surface area contributed by atoms with Crippen molar-refractivity contribution in [2.45, 2.75) is 62.5 Å². The second-order valence-electron chi connectivity index (χ2n) is 7.33. The molecule has 0 aromatic heterocycles. The molecule has 2 aromatic rings. The third-order valence-corrected chi connectivity index (χ3v) is 5.27. The summed E-state index contributed by atoms with van der Waals surface area (Å²) < 4.78 is 16.4. The van der Waals surface area contributed by atoms with Crippen LogP contribution in [0.3, 0.4) is 0 Å². The standard InChI is InChI=1S/C24H26N2O4S/c1-15(2)29-21-12-18(13-25)24(20(14-26)23(21)30-16(3)4)31-19-9-6-17(7-10-19)8-11-22(27)28-5/h6-7,9-10,12,15-16H,8,11H2,1-5H3. The number of ether oxygens (including phenoxy) is 3. The van der Waals surface area contributed by atoms with E-state index < -0.39 is 0 Å². The number of hydrogen-bond acceptors (Lipinski definition) is 7. The smallest absolute Gasteiger partial charge is 0.305 e. The molecule has 6 nitrogen and oxygen atoms in total. The van der Waals surface area contributed by atoms with Crippen LogP contribution in [0.15, 0.2) is 40.1 Å². The van der Waals surface area contributed by atoms with Crippen molar-refractivity contribution in [2.24, 2.45) is 0 Å². The SMILES string of the molecule is COC(=O)CCc1ccc(Sc2c(C#N)cc(OC(C)C)c(OC(C)C)c2C#N)cc1. The lowest BCUT2D eigenvalue weighted by atomic mass is 10.1. The third kappa shape index (κ3) is 6.67. The van der Waals surface area contributed by atoms with Gasteiger partial charge in [0.05, 0.1) is 29.8 Å². The molecule has 0 N–H and O–H groups in total. The molecular formula is C24H26N2O4S. The fourth-order valence-electron chi connectivity index (χ4n) is 2.80. The van der Waals surface area contributed by atoms with E-state index in [9.17, 15) is 15.3 Å². The first-order valence-electron chi connectivity index (χ1n) is 9.97. The van der Waals surface area contributed by atoms with Crippen LogP contribution in [-0.2, 0) is 16.0 Å². The van der Waals surface area contributed by atoms with E-state index in [2.05, 4.69) is 16.9 Å². The van der Waals surface area contributed by atoms with Gasteiger partial charge in [-0.2, -0.15) is 10.5 Å². The summed E-state index contributed by atoms with van der Waals surface area (Å²) in [5, 5.41) is 19.6. The minimum atomic E-state index is -0.253. The highest BCUT2D eigenvalue weighted by molar-refractivity contribution is 7.99. The lowest BCUT2D eigenvalue weighted by Gasteiger charge is -2.20. The molecule has 0 heterocycles. The summed E-state index contributed by atoms with van der Waals surface area (Å²) in [5.74, 6) is 0.485. The Morgan fingerprint density at radius 1 is 1.03 bits per heavy atom. The van der Waals surface area contributed by atoms with E-state index >= 15 is 0 Å². The maximum absolute atomic E-state index is 11.3. The molecule has 0 amide bonds. The fraction of sp³-hybridized carbons (Fsp3) is 0.375. The number of nitrogens with zero attached hydrogens (tertiary/aromatic N) is 2. The normalized spacial score (nSPS) is 10.5. The quantitative estimate of drug-likeness (QED) is 0.493. The summed E-state index contributed by atoms with van der Waals surface area (Å²) in [6.07, 6.45) is 0.594. The Morgan fingerprint density at radius 2 is 1.68 bits per heavy atom. The maximum atomic E-state index is 11.3. The first-order valence-corrected chi connectivity index (χ1v) is 10.8. The van der Waals surface area contributed by atoms with E-state index in [0.717, 1.165) is 10.5 Å². The van der Waals surface area contributed by atoms with Crippen molar-refractivity contribution in [3.63, 3.8) is 0 Å². The Bertz CT molecular complexity index is 1000. The molecule has 0 saturated carbocycles. The molecule has 0 unspecified atom stereocenters. The highest BCUT2D eigenvalue weighted by Gasteiger charge is 2.23. The van der Waals surface area contributed by atoms with Crippen LogP contribution in [0.1, 0.15) is 50.8 Å². The summed E-state index contributed by atoms with van der Waals surface area (Å²) in [4.78, 5) is 12.7. The van der Waals surface area contributed by atoms with Gasteiger partial charge in [0.1, 0.15) is 17.7 Å². The van der Waals surface area contributed by atoms with Crippen molar-refractivity contribution < 1.29 is 19.0 Å². The monoisotopic (exact) mass is 438 g/mol. The second-order valence-corrected chi connectivity index (χ2v) is 8.42. The molecule has 0 saturated heterocycles. The van der Waals surface area contributed by atoms with Crippen LogP contribution in [0.2, 0.25) is 0 Å². The van der Waals surface area contributed by atoms with Gasteiger partial charge in [0.25, 0.3) is 0 Å². The first-order chi connectivity index (χ1) is 14.8. The highest BCUT2D eigenvalue weighted by Crippen LogP contribution is 2.43. The number of nitriles is 2. The van der Waals surface area contributed by atoms with Gasteiger partial charge in [0, 0.05) is 17.4 Å². The summed E-state index contributed by atoms with van der Waals surface area (Å²) in [6, 6.07) is 13.7. The predicted octanol–water partition coefficient (Wildman–Crippen LogP) is 5.26. The highest BCUT2D eigenvalue weighted by atomic mass is 32.2. The van der Waals surface area contributed by atoms with E-state index in [1.54, 1.807) is 6.07 Å². The molecule has 0 aliphatic carbocycles. The summed E-state index contributed by atoms with van der Waals surface area (Å²) in [7, 11) is 1.37. The lowest BCUT2D eigenvalue weighted by Crippen LogP contribution is -2.13. The van der Waals surface area contributed by atoms with Crippen LogP contribution in [0, 0.1) is 22.7 Å². The number of esters is 1. The van der Waals surface area contributed by atoms with Gasteiger partial charge in [-0.25, -0.2) is 0 Å². The van der Waals surface area contributed by atoms with Gasteiger partial charge in [-0.05, 0) is 51.8 Å². The van der Waals surface area contributed by atoms with Crippen molar-refractivity contribution in [1.29, 1.82) is 10.5 Å². The van der Waals surface area contributed by atoms with Gasteiger partial charge in [-0.15, -0.1) is 0 Å². The van der Waals surface area contributed by atoms with Crippen molar-refractivity contribution in [3.05, 3.63) is 47.0 Å². The van der Waals surface area contributed by atoms with E-state index in [4.69, 9.17) is 9.47 Å². The van der Waals surface area contributed by atoms with Gasteiger partial charge in [-0.3, -0.25) is 4.79 Å². The van der Waals surface area contributed by atoms with Crippen molar-refractivity contribution in [1.82, 2.24) is 0 Å². The van der Waals surface area contributed by atoms with E-state index in [-0.39, 0.29) is 23.7 Å². The van der Waals surface area contributed by atoms with Gasteiger partial charge >= 0.3 is 5.97 Å². The van der Waals surface area contributed by atoms with Crippen LogP contribution in [0.4, 0.5) is 0 Å². The summed E-state index contributed by atoms with van der Waals surface area (Å²) >= 11 is 1.32. The lowest BCUT2D eigenvalue weighted by molar-refractivity contribution is -0.140. The topological polar surface area (TPSA) is 92.3 Å². The van der Waals surface area contributed by atoms with Gasteiger partial charge in [-0.1, -0.05) is 23.9 Å². The molecule has 0 radical (unpaired) electrons. The van der Waals surface area contributed by atoms with Gasteiger partial charge in [0.2, 0.25) is 0 Å². The zero-order valence-corrected chi connectivity index (χ0v) is 19.2. The summed E-state index contributed by atoms with van der Waals surface area (Å²) in [6.45, 7) is 7.50. The third-order valence-electron chi connectivity index (χ3n) is 4.14. The fourth-order valence-corrected chi connectivity index (χ4v) is 3.76.